The molecule has 0 fully saturated rings. The summed E-state index contributed by atoms with van der Waals surface area (Å²) in [6.45, 7) is 5.24. The number of nitrogens with two attached hydrogens (primary N) is 1. The van der Waals surface area contributed by atoms with Gasteiger partial charge in [0.2, 0.25) is 5.91 Å². The molecule has 3 heteroatoms. The van der Waals surface area contributed by atoms with E-state index in [2.05, 4.69) is 17.0 Å². The summed E-state index contributed by atoms with van der Waals surface area (Å²) in [7, 11) is 2.00. The van der Waals surface area contributed by atoms with Crippen LogP contribution in [0.4, 0.5) is 0 Å². The first-order valence-electron chi connectivity index (χ1n) is 5.44. The van der Waals surface area contributed by atoms with Crippen molar-refractivity contribution in [3.63, 3.8) is 0 Å². The van der Waals surface area contributed by atoms with Gasteiger partial charge < -0.3 is 10.6 Å². The predicted octanol–water partition coefficient (Wildman–Crippen LogP) is 1.63. The van der Waals surface area contributed by atoms with Crippen molar-refractivity contribution in [2.45, 2.75) is 20.4 Å². The lowest BCUT2D eigenvalue weighted by Crippen LogP contribution is -2.40. The zero-order valence-electron chi connectivity index (χ0n) is 10.2. The minimum atomic E-state index is -0.483. The Morgan fingerprint density at radius 2 is 1.88 bits per heavy atom. The standard InChI is InChI=1S/C13H20N2O/c1-13(2,12(14)16)10-15(3)9-11-7-5-4-6-8-11/h4-8H,9-10H2,1-3H3,(H2,14,16). The van der Waals surface area contributed by atoms with Gasteiger partial charge in [0, 0.05) is 13.1 Å². The van der Waals surface area contributed by atoms with Crippen LogP contribution in [-0.4, -0.2) is 24.4 Å². The molecule has 0 unspecified atom stereocenters. The molecule has 0 aliphatic carbocycles. The summed E-state index contributed by atoms with van der Waals surface area (Å²) in [5.41, 5.74) is 6.10. The molecule has 1 amide bonds. The highest BCUT2D eigenvalue weighted by atomic mass is 16.1. The zero-order chi connectivity index (χ0) is 12.2. The Balaban J connectivity index is 2.54. The SMILES string of the molecule is CN(Cc1ccccc1)CC(C)(C)C(N)=O. The molecule has 16 heavy (non-hydrogen) atoms. The average molecular weight is 220 g/mol. The third kappa shape index (κ3) is 3.66. The molecule has 0 aromatic heterocycles. The number of carbonyl (C=O) groups is 1. The number of amides is 1. The van der Waals surface area contributed by atoms with Crippen LogP contribution in [0.25, 0.3) is 0 Å². The molecule has 0 bridgehead atoms. The van der Waals surface area contributed by atoms with Gasteiger partial charge in [-0.15, -0.1) is 0 Å². The van der Waals surface area contributed by atoms with Crippen LogP contribution in [0.2, 0.25) is 0 Å². The van der Waals surface area contributed by atoms with Crippen LogP contribution in [0.15, 0.2) is 30.3 Å². The number of carbonyl (C=O) groups excluding carboxylic acids is 1. The molecular formula is C13H20N2O. The molecule has 0 heterocycles. The zero-order valence-corrected chi connectivity index (χ0v) is 10.2. The second kappa shape index (κ2) is 5.12. The van der Waals surface area contributed by atoms with Gasteiger partial charge in [-0.05, 0) is 26.5 Å². The van der Waals surface area contributed by atoms with Crippen LogP contribution in [0.5, 0.6) is 0 Å². The summed E-state index contributed by atoms with van der Waals surface area (Å²) >= 11 is 0. The number of nitrogens with zero attached hydrogens (tertiary/aromatic N) is 1. The van der Waals surface area contributed by atoms with Crippen LogP contribution >= 0.6 is 0 Å². The first-order valence-corrected chi connectivity index (χ1v) is 5.44. The van der Waals surface area contributed by atoms with Gasteiger partial charge in [-0.1, -0.05) is 30.3 Å². The largest absolute Gasteiger partial charge is 0.369 e. The van der Waals surface area contributed by atoms with Crippen molar-refractivity contribution in [2.24, 2.45) is 11.1 Å². The molecule has 2 N–H and O–H groups in total. The fraction of sp³-hybridized carbons (Fsp3) is 0.462. The fourth-order valence-corrected chi connectivity index (χ4v) is 1.70. The Morgan fingerprint density at radius 3 is 2.38 bits per heavy atom. The molecule has 0 radical (unpaired) electrons. The van der Waals surface area contributed by atoms with Gasteiger partial charge in [0.15, 0.2) is 0 Å². The van der Waals surface area contributed by atoms with Gasteiger partial charge in [-0.25, -0.2) is 0 Å². The highest BCUT2D eigenvalue weighted by Crippen LogP contribution is 2.16. The molecule has 0 aliphatic rings. The lowest BCUT2D eigenvalue weighted by atomic mass is 9.92. The van der Waals surface area contributed by atoms with Crippen LogP contribution in [0.1, 0.15) is 19.4 Å². The van der Waals surface area contributed by atoms with Crippen molar-refractivity contribution in [3.05, 3.63) is 35.9 Å². The first-order chi connectivity index (χ1) is 7.42. The highest BCUT2D eigenvalue weighted by molar-refractivity contribution is 5.80. The summed E-state index contributed by atoms with van der Waals surface area (Å²) < 4.78 is 0. The van der Waals surface area contributed by atoms with Crippen molar-refractivity contribution in [1.29, 1.82) is 0 Å². The van der Waals surface area contributed by atoms with Crippen molar-refractivity contribution >= 4 is 5.91 Å². The molecule has 88 valence electrons. The predicted molar refractivity (Wildman–Crippen MR) is 65.8 cm³/mol. The summed E-state index contributed by atoms with van der Waals surface area (Å²) in [5, 5.41) is 0. The molecule has 0 saturated heterocycles. The molecular weight excluding hydrogens is 200 g/mol. The van der Waals surface area contributed by atoms with Crippen molar-refractivity contribution in [3.8, 4) is 0 Å². The molecule has 1 rings (SSSR count). The van der Waals surface area contributed by atoms with Gasteiger partial charge in [0.25, 0.3) is 0 Å². The van der Waals surface area contributed by atoms with E-state index in [9.17, 15) is 4.79 Å². The fourth-order valence-electron chi connectivity index (χ4n) is 1.70. The maximum absolute atomic E-state index is 11.2. The summed E-state index contributed by atoms with van der Waals surface area (Å²) in [6, 6.07) is 10.2. The third-order valence-electron chi connectivity index (χ3n) is 2.63. The van der Waals surface area contributed by atoms with E-state index in [1.54, 1.807) is 0 Å². The molecule has 3 nitrogen and oxygen atoms in total. The van der Waals surface area contributed by atoms with Gasteiger partial charge in [0.1, 0.15) is 0 Å². The summed E-state index contributed by atoms with van der Waals surface area (Å²) in [5.74, 6) is -0.257. The Morgan fingerprint density at radius 1 is 1.31 bits per heavy atom. The number of primary amides is 1. The normalized spacial score (nSPS) is 11.8. The van der Waals surface area contributed by atoms with Crippen LogP contribution in [0.3, 0.4) is 0 Å². The van der Waals surface area contributed by atoms with Crippen LogP contribution in [-0.2, 0) is 11.3 Å². The van der Waals surface area contributed by atoms with E-state index in [-0.39, 0.29) is 5.91 Å². The van der Waals surface area contributed by atoms with Crippen LogP contribution < -0.4 is 5.73 Å². The number of rotatable bonds is 5. The van der Waals surface area contributed by atoms with E-state index in [0.717, 1.165) is 6.54 Å². The van der Waals surface area contributed by atoms with E-state index in [4.69, 9.17) is 5.73 Å². The molecule has 0 atom stereocenters. The quantitative estimate of drug-likeness (QED) is 0.819. The van der Waals surface area contributed by atoms with E-state index < -0.39 is 5.41 Å². The van der Waals surface area contributed by atoms with Crippen molar-refractivity contribution < 1.29 is 4.79 Å². The number of hydrogen-bond acceptors (Lipinski definition) is 2. The minimum Gasteiger partial charge on any atom is -0.369 e. The lowest BCUT2D eigenvalue weighted by Gasteiger charge is -2.27. The van der Waals surface area contributed by atoms with E-state index in [0.29, 0.717) is 6.54 Å². The number of benzene rings is 1. The Bertz CT molecular complexity index is 346. The lowest BCUT2D eigenvalue weighted by molar-refractivity contribution is -0.126. The van der Waals surface area contributed by atoms with Crippen molar-refractivity contribution in [1.82, 2.24) is 4.90 Å². The molecule has 1 aromatic carbocycles. The van der Waals surface area contributed by atoms with Gasteiger partial charge >= 0.3 is 0 Å². The second-order valence-corrected chi connectivity index (χ2v) is 4.91. The minimum absolute atomic E-state index is 0.257. The third-order valence-corrected chi connectivity index (χ3v) is 2.63. The van der Waals surface area contributed by atoms with Gasteiger partial charge in [-0.2, -0.15) is 0 Å². The average Bonchev–Trinajstić information content (AvgIpc) is 2.17. The highest BCUT2D eigenvalue weighted by Gasteiger charge is 2.26. The molecule has 0 spiro atoms. The topological polar surface area (TPSA) is 46.3 Å². The maximum Gasteiger partial charge on any atom is 0.224 e. The molecule has 0 aliphatic heterocycles. The van der Waals surface area contributed by atoms with E-state index in [1.807, 2.05) is 39.1 Å². The summed E-state index contributed by atoms with van der Waals surface area (Å²) in [4.78, 5) is 13.3. The first kappa shape index (κ1) is 12.7. The maximum atomic E-state index is 11.2. The Kier molecular flexibility index (Phi) is 4.07. The van der Waals surface area contributed by atoms with E-state index in [1.165, 1.54) is 5.56 Å². The summed E-state index contributed by atoms with van der Waals surface area (Å²) in [6.07, 6.45) is 0. The van der Waals surface area contributed by atoms with Crippen molar-refractivity contribution in [2.75, 3.05) is 13.6 Å². The van der Waals surface area contributed by atoms with E-state index >= 15 is 0 Å². The Labute approximate surface area is 97.2 Å². The van der Waals surface area contributed by atoms with Gasteiger partial charge in [0.05, 0.1) is 5.41 Å². The monoisotopic (exact) mass is 220 g/mol. The molecule has 0 saturated carbocycles. The Hall–Kier alpha value is -1.35. The smallest absolute Gasteiger partial charge is 0.224 e. The number of hydrogen-bond donors (Lipinski definition) is 1. The second-order valence-electron chi connectivity index (χ2n) is 4.91. The van der Waals surface area contributed by atoms with Crippen LogP contribution in [0, 0.1) is 5.41 Å². The van der Waals surface area contributed by atoms with Gasteiger partial charge in [-0.3, -0.25) is 4.79 Å². The molecule has 1 aromatic rings.